The minimum absolute atomic E-state index is 0.295. The van der Waals surface area contributed by atoms with Gasteiger partial charge in [0.05, 0.1) is 6.61 Å². The summed E-state index contributed by atoms with van der Waals surface area (Å²) >= 11 is 0. The fourth-order valence-electron chi connectivity index (χ4n) is 2.41. The third-order valence-electron chi connectivity index (χ3n) is 3.70. The van der Waals surface area contributed by atoms with Crippen LogP contribution in [0.4, 0.5) is 0 Å². The van der Waals surface area contributed by atoms with Gasteiger partial charge in [0.2, 0.25) is 0 Å². The third-order valence-corrected chi connectivity index (χ3v) is 3.70. The van der Waals surface area contributed by atoms with Gasteiger partial charge in [-0.3, -0.25) is 0 Å². The lowest BCUT2D eigenvalue weighted by molar-refractivity contribution is 0.0521. The van der Waals surface area contributed by atoms with Gasteiger partial charge < -0.3 is 10.5 Å². The second kappa shape index (κ2) is 4.98. The molecule has 0 spiro atoms. The Kier molecular flexibility index (Phi) is 3.62. The van der Waals surface area contributed by atoms with E-state index in [-0.39, 0.29) is 0 Å². The van der Waals surface area contributed by atoms with Gasteiger partial charge in [0.15, 0.2) is 0 Å². The van der Waals surface area contributed by atoms with E-state index in [1.54, 1.807) is 0 Å². The van der Waals surface area contributed by atoms with E-state index in [2.05, 4.69) is 31.2 Å². The second-order valence-electron chi connectivity index (χ2n) is 4.67. The van der Waals surface area contributed by atoms with Crippen LogP contribution < -0.4 is 5.73 Å². The standard InChI is InChI=1S/C14H21NO/c1-2-16-11-14(8-3-9-14)13-6-4-12(10-15)5-7-13/h4-7H,2-3,8-11,15H2,1H3. The number of benzene rings is 1. The Morgan fingerprint density at radius 1 is 1.25 bits per heavy atom. The highest BCUT2D eigenvalue weighted by molar-refractivity contribution is 5.31. The summed E-state index contributed by atoms with van der Waals surface area (Å²) in [4.78, 5) is 0. The number of rotatable bonds is 5. The van der Waals surface area contributed by atoms with Crippen LogP contribution in [0.25, 0.3) is 0 Å². The van der Waals surface area contributed by atoms with Crippen molar-refractivity contribution in [3.63, 3.8) is 0 Å². The lowest BCUT2D eigenvalue weighted by atomic mass is 9.65. The van der Waals surface area contributed by atoms with Crippen molar-refractivity contribution in [1.29, 1.82) is 0 Å². The average Bonchev–Trinajstić information content (AvgIpc) is 2.29. The predicted octanol–water partition coefficient (Wildman–Crippen LogP) is 2.60. The molecule has 0 amide bonds. The normalized spacial score (nSPS) is 18.1. The van der Waals surface area contributed by atoms with E-state index in [1.165, 1.54) is 30.4 Å². The van der Waals surface area contributed by atoms with Gasteiger partial charge in [0.1, 0.15) is 0 Å². The molecule has 1 aromatic carbocycles. The Balaban J connectivity index is 2.13. The highest BCUT2D eigenvalue weighted by atomic mass is 16.5. The monoisotopic (exact) mass is 219 g/mol. The van der Waals surface area contributed by atoms with Gasteiger partial charge in [-0.1, -0.05) is 30.7 Å². The van der Waals surface area contributed by atoms with Gasteiger partial charge in [0.25, 0.3) is 0 Å². The molecule has 0 aromatic heterocycles. The largest absolute Gasteiger partial charge is 0.381 e. The van der Waals surface area contributed by atoms with E-state index in [1.807, 2.05) is 0 Å². The maximum Gasteiger partial charge on any atom is 0.0562 e. The average molecular weight is 219 g/mol. The van der Waals surface area contributed by atoms with E-state index in [0.29, 0.717) is 12.0 Å². The zero-order valence-corrected chi connectivity index (χ0v) is 10.0. The summed E-state index contributed by atoms with van der Waals surface area (Å²) in [5, 5.41) is 0. The molecule has 2 nitrogen and oxygen atoms in total. The van der Waals surface area contributed by atoms with Crippen molar-refractivity contribution in [3.8, 4) is 0 Å². The maximum absolute atomic E-state index is 5.63. The van der Waals surface area contributed by atoms with Crippen LogP contribution in [-0.4, -0.2) is 13.2 Å². The minimum atomic E-state index is 0.295. The van der Waals surface area contributed by atoms with Crippen LogP contribution in [-0.2, 0) is 16.7 Å². The van der Waals surface area contributed by atoms with Gasteiger partial charge in [-0.25, -0.2) is 0 Å². The van der Waals surface area contributed by atoms with Gasteiger partial charge in [0, 0.05) is 18.6 Å². The van der Waals surface area contributed by atoms with Crippen LogP contribution in [0.15, 0.2) is 24.3 Å². The highest BCUT2D eigenvalue weighted by Crippen LogP contribution is 2.43. The molecule has 1 aliphatic rings. The van der Waals surface area contributed by atoms with E-state index >= 15 is 0 Å². The molecule has 1 saturated carbocycles. The molecule has 2 heteroatoms. The molecule has 1 aromatic rings. The molecule has 0 aliphatic heterocycles. The second-order valence-corrected chi connectivity index (χ2v) is 4.67. The molecule has 16 heavy (non-hydrogen) atoms. The summed E-state index contributed by atoms with van der Waals surface area (Å²) in [5.74, 6) is 0. The Labute approximate surface area is 97.8 Å². The van der Waals surface area contributed by atoms with E-state index in [4.69, 9.17) is 10.5 Å². The molecule has 0 radical (unpaired) electrons. The first-order valence-electron chi connectivity index (χ1n) is 6.18. The van der Waals surface area contributed by atoms with Crippen LogP contribution >= 0.6 is 0 Å². The van der Waals surface area contributed by atoms with Crippen LogP contribution in [0, 0.1) is 0 Å². The van der Waals surface area contributed by atoms with Crippen molar-refractivity contribution in [1.82, 2.24) is 0 Å². The quantitative estimate of drug-likeness (QED) is 0.826. The molecule has 0 unspecified atom stereocenters. The highest BCUT2D eigenvalue weighted by Gasteiger charge is 2.38. The Morgan fingerprint density at radius 2 is 1.94 bits per heavy atom. The molecule has 2 N–H and O–H groups in total. The molecule has 0 heterocycles. The van der Waals surface area contributed by atoms with E-state index in [9.17, 15) is 0 Å². The van der Waals surface area contributed by atoms with Crippen LogP contribution in [0.3, 0.4) is 0 Å². The molecular weight excluding hydrogens is 198 g/mol. The lowest BCUT2D eigenvalue weighted by Crippen LogP contribution is -2.39. The van der Waals surface area contributed by atoms with Crippen molar-refractivity contribution < 1.29 is 4.74 Å². The maximum atomic E-state index is 5.63. The van der Waals surface area contributed by atoms with E-state index < -0.39 is 0 Å². The summed E-state index contributed by atoms with van der Waals surface area (Å²) in [6.45, 7) is 4.36. The minimum Gasteiger partial charge on any atom is -0.381 e. The molecule has 2 rings (SSSR count). The van der Waals surface area contributed by atoms with Gasteiger partial charge in [-0.15, -0.1) is 0 Å². The lowest BCUT2D eigenvalue weighted by Gasteiger charge is -2.42. The van der Waals surface area contributed by atoms with E-state index in [0.717, 1.165) is 13.2 Å². The Morgan fingerprint density at radius 3 is 2.38 bits per heavy atom. The Bertz CT molecular complexity index is 327. The molecule has 0 atom stereocenters. The number of hydrogen-bond donors (Lipinski definition) is 1. The first-order chi connectivity index (χ1) is 7.80. The van der Waals surface area contributed by atoms with Crippen molar-refractivity contribution in [2.75, 3.05) is 13.2 Å². The fourth-order valence-corrected chi connectivity index (χ4v) is 2.41. The number of hydrogen-bond acceptors (Lipinski definition) is 2. The number of nitrogens with two attached hydrogens (primary N) is 1. The summed E-state index contributed by atoms with van der Waals surface area (Å²) in [6.07, 6.45) is 3.84. The predicted molar refractivity (Wildman–Crippen MR) is 66.4 cm³/mol. The van der Waals surface area contributed by atoms with Gasteiger partial charge >= 0.3 is 0 Å². The SMILES string of the molecule is CCOCC1(c2ccc(CN)cc2)CCC1. The third kappa shape index (κ3) is 2.13. The summed E-state index contributed by atoms with van der Waals surface area (Å²) in [7, 11) is 0. The molecule has 1 aliphatic carbocycles. The van der Waals surface area contributed by atoms with Crippen molar-refractivity contribution in [2.45, 2.75) is 38.1 Å². The van der Waals surface area contributed by atoms with Crippen LogP contribution in [0.2, 0.25) is 0 Å². The topological polar surface area (TPSA) is 35.2 Å². The van der Waals surface area contributed by atoms with Crippen LogP contribution in [0.1, 0.15) is 37.3 Å². The first kappa shape index (κ1) is 11.6. The smallest absolute Gasteiger partial charge is 0.0562 e. The molecule has 0 saturated heterocycles. The number of ether oxygens (including phenoxy) is 1. The van der Waals surface area contributed by atoms with Crippen molar-refractivity contribution in [2.24, 2.45) is 5.73 Å². The molecule has 1 fully saturated rings. The summed E-state index contributed by atoms with van der Waals surface area (Å²) < 4.78 is 5.63. The molecular formula is C14H21NO. The summed E-state index contributed by atoms with van der Waals surface area (Å²) in [5.41, 5.74) is 8.53. The van der Waals surface area contributed by atoms with Crippen molar-refractivity contribution in [3.05, 3.63) is 35.4 Å². The summed E-state index contributed by atoms with van der Waals surface area (Å²) in [6, 6.07) is 8.73. The first-order valence-corrected chi connectivity index (χ1v) is 6.18. The zero-order chi connectivity index (χ0) is 11.4. The van der Waals surface area contributed by atoms with Crippen molar-refractivity contribution >= 4 is 0 Å². The van der Waals surface area contributed by atoms with Gasteiger partial charge in [-0.2, -0.15) is 0 Å². The molecule has 88 valence electrons. The zero-order valence-electron chi connectivity index (χ0n) is 10.0. The fraction of sp³-hybridized carbons (Fsp3) is 0.571. The molecule has 0 bridgehead atoms. The van der Waals surface area contributed by atoms with Crippen LogP contribution in [0.5, 0.6) is 0 Å². The van der Waals surface area contributed by atoms with Gasteiger partial charge in [-0.05, 0) is 30.9 Å². The Hall–Kier alpha value is -0.860.